The highest BCUT2D eigenvalue weighted by Gasteiger charge is 2.53. The van der Waals surface area contributed by atoms with Crippen LogP contribution in [0.15, 0.2) is 34.9 Å². The molecule has 2 aliphatic heterocycles. The van der Waals surface area contributed by atoms with Crippen LogP contribution in [0.2, 0.25) is 5.02 Å². The van der Waals surface area contributed by atoms with E-state index >= 15 is 0 Å². The first-order valence-electron chi connectivity index (χ1n) is 6.80. The maximum atomic E-state index is 12.5. The van der Waals surface area contributed by atoms with Crippen molar-refractivity contribution in [2.75, 3.05) is 19.8 Å². The van der Waals surface area contributed by atoms with Gasteiger partial charge in [-0.05, 0) is 30.7 Å². The van der Waals surface area contributed by atoms with Gasteiger partial charge in [0.2, 0.25) is 0 Å². The van der Waals surface area contributed by atoms with Gasteiger partial charge in [-0.1, -0.05) is 16.8 Å². The maximum Gasteiger partial charge on any atom is 0.276 e. The zero-order valence-electron chi connectivity index (χ0n) is 11.2. The quantitative estimate of drug-likeness (QED) is 0.856. The van der Waals surface area contributed by atoms with Gasteiger partial charge in [-0.2, -0.15) is 0 Å². The van der Waals surface area contributed by atoms with Gasteiger partial charge in [0, 0.05) is 23.2 Å². The topological polar surface area (TPSA) is 55.6 Å². The molecule has 3 heterocycles. The zero-order valence-corrected chi connectivity index (χ0v) is 12.0. The molecule has 0 radical (unpaired) electrons. The minimum Gasteiger partial charge on any atom is -0.376 e. The lowest BCUT2D eigenvalue weighted by molar-refractivity contribution is -0.172. The molecule has 2 saturated heterocycles. The Kier molecular flexibility index (Phi) is 2.80. The van der Waals surface area contributed by atoms with Crippen molar-refractivity contribution in [1.82, 2.24) is 10.1 Å². The first kappa shape index (κ1) is 12.9. The van der Waals surface area contributed by atoms with Crippen LogP contribution in [0.25, 0.3) is 11.3 Å². The molecule has 0 aliphatic carbocycles. The summed E-state index contributed by atoms with van der Waals surface area (Å²) in [5, 5.41) is 4.56. The number of amides is 1. The summed E-state index contributed by atoms with van der Waals surface area (Å²) in [6.07, 6.45) is 1.00. The van der Waals surface area contributed by atoms with Crippen molar-refractivity contribution in [1.29, 1.82) is 0 Å². The largest absolute Gasteiger partial charge is 0.376 e. The number of carbonyl (C=O) groups excluding carboxylic acids is 1. The van der Waals surface area contributed by atoms with Crippen molar-refractivity contribution in [3.63, 3.8) is 0 Å². The molecular formula is C15H13ClN2O3. The summed E-state index contributed by atoms with van der Waals surface area (Å²) in [5.74, 6) is 0.475. The monoisotopic (exact) mass is 304 g/mol. The Labute approximate surface area is 126 Å². The Morgan fingerprint density at radius 3 is 2.62 bits per heavy atom. The summed E-state index contributed by atoms with van der Waals surface area (Å²) in [6.45, 7) is 2.01. The minimum absolute atomic E-state index is 0.0868. The van der Waals surface area contributed by atoms with Gasteiger partial charge in [0.05, 0.1) is 18.8 Å². The van der Waals surface area contributed by atoms with Gasteiger partial charge in [-0.3, -0.25) is 4.79 Å². The number of hydrogen-bond donors (Lipinski definition) is 0. The van der Waals surface area contributed by atoms with Crippen molar-refractivity contribution in [2.24, 2.45) is 0 Å². The third-order valence-electron chi connectivity index (χ3n) is 4.22. The number of rotatable bonds is 2. The summed E-state index contributed by atoms with van der Waals surface area (Å²) in [6, 6.07) is 8.90. The molecule has 1 amide bonds. The molecule has 0 bridgehead atoms. The fourth-order valence-electron chi connectivity index (χ4n) is 2.76. The van der Waals surface area contributed by atoms with E-state index in [0.29, 0.717) is 29.7 Å². The molecule has 2 aliphatic rings. The van der Waals surface area contributed by atoms with Crippen molar-refractivity contribution in [2.45, 2.75) is 12.0 Å². The molecule has 1 aromatic carbocycles. The van der Waals surface area contributed by atoms with Crippen molar-refractivity contribution in [3.05, 3.63) is 41.0 Å². The summed E-state index contributed by atoms with van der Waals surface area (Å²) < 4.78 is 10.5. The smallest absolute Gasteiger partial charge is 0.276 e. The van der Waals surface area contributed by atoms with E-state index in [1.54, 1.807) is 18.2 Å². The Bertz CT molecular complexity index is 686. The second-order valence-corrected chi connectivity index (χ2v) is 5.94. The fraction of sp³-hybridized carbons (Fsp3) is 0.333. The molecule has 108 valence electrons. The van der Waals surface area contributed by atoms with Crippen molar-refractivity contribution < 1.29 is 14.1 Å². The molecule has 4 rings (SSSR count). The number of carbonyl (C=O) groups is 1. The van der Waals surface area contributed by atoms with Gasteiger partial charge in [-0.15, -0.1) is 0 Å². The zero-order chi connectivity index (χ0) is 14.4. The first-order valence-corrected chi connectivity index (χ1v) is 7.18. The fourth-order valence-corrected chi connectivity index (χ4v) is 2.89. The van der Waals surface area contributed by atoms with Crippen LogP contribution in [0.1, 0.15) is 16.9 Å². The highest BCUT2D eigenvalue weighted by molar-refractivity contribution is 6.30. The third kappa shape index (κ3) is 1.96. The molecule has 5 nitrogen and oxygen atoms in total. The van der Waals surface area contributed by atoms with E-state index in [9.17, 15) is 4.79 Å². The number of aromatic nitrogens is 1. The van der Waals surface area contributed by atoms with Gasteiger partial charge in [0.25, 0.3) is 5.91 Å². The number of halogens is 1. The second kappa shape index (κ2) is 4.58. The lowest BCUT2D eigenvalue weighted by Crippen LogP contribution is -2.72. The van der Waals surface area contributed by atoms with Crippen molar-refractivity contribution in [3.8, 4) is 11.3 Å². The van der Waals surface area contributed by atoms with Crippen LogP contribution < -0.4 is 0 Å². The normalized spacial score (nSPS) is 19.2. The van der Waals surface area contributed by atoms with Crippen LogP contribution in [0.5, 0.6) is 0 Å². The lowest BCUT2D eigenvalue weighted by Gasteiger charge is -2.57. The SMILES string of the molecule is O=C(c1cc(-c2ccc(Cl)cc2)on1)N1CCC12COC2. The molecule has 21 heavy (non-hydrogen) atoms. The predicted octanol–water partition coefficient (Wildman–Crippen LogP) is 2.61. The number of benzene rings is 1. The van der Waals surface area contributed by atoms with Crippen LogP contribution in [0.3, 0.4) is 0 Å². The maximum absolute atomic E-state index is 12.5. The summed E-state index contributed by atoms with van der Waals surface area (Å²) >= 11 is 5.86. The van der Waals surface area contributed by atoms with Gasteiger partial charge in [0.15, 0.2) is 11.5 Å². The Balaban J connectivity index is 1.57. The van der Waals surface area contributed by atoms with E-state index in [-0.39, 0.29) is 11.4 Å². The van der Waals surface area contributed by atoms with E-state index in [2.05, 4.69) is 5.16 Å². The van der Waals surface area contributed by atoms with Crippen LogP contribution in [0, 0.1) is 0 Å². The van der Waals surface area contributed by atoms with E-state index < -0.39 is 0 Å². The predicted molar refractivity (Wildman–Crippen MR) is 76.2 cm³/mol. The summed E-state index contributed by atoms with van der Waals surface area (Å²) in [5.41, 5.74) is 1.10. The summed E-state index contributed by atoms with van der Waals surface area (Å²) in [4.78, 5) is 14.3. The summed E-state index contributed by atoms with van der Waals surface area (Å²) in [7, 11) is 0. The van der Waals surface area contributed by atoms with Crippen LogP contribution >= 0.6 is 11.6 Å². The average molecular weight is 305 g/mol. The molecule has 1 spiro atoms. The van der Waals surface area contributed by atoms with E-state index in [0.717, 1.165) is 18.5 Å². The third-order valence-corrected chi connectivity index (χ3v) is 4.47. The van der Waals surface area contributed by atoms with Gasteiger partial charge in [-0.25, -0.2) is 0 Å². The second-order valence-electron chi connectivity index (χ2n) is 5.51. The molecule has 2 fully saturated rings. The lowest BCUT2D eigenvalue weighted by atomic mass is 9.82. The van der Waals surface area contributed by atoms with Gasteiger partial charge in [0.1, 0.15) is 0 Å². The molecule has 6 heteroatoms. The van der Waals surface area contributed by atoms with Crippen LogP contribution in [-0.2, 0) is 4.74 Å². The first-order chi connectivity index (χ1) is 10.2. The average Bonchev–Trinajstić information content (AvgIpc) is 2.86. The van der Waals surface area contributed by atoms with Gasteiger partial charge < -0.3 is 14.2 Å². The number of nitrogens with zero attached hydrogens (tertiary/aromatic N) is 2. The number of likely N-dealkylation sites (tertiary alicyclic amines) is 1. The molecule has 1 aromatic heterocycles. The molecule has 2 aromatic rings. The van der Waals surface area contributed by atoms with Crippen molar-refractivity contribution >= 4 is 17.5 Å². The van der Waals surface area contributed by atoms with E-state index in [4.69, 9.17) is 20.9 Å². The Morgan fingerprint density at radius 2 is 2.05 bits per heavy atom. The number of ether oxygens (including phenoxy) is 1. The molecule has 0 atom stereocenters. The van der Waals surface area contributed by atoms with Crippen LogP contribution in [-0.4, -0.2) is 41.3 Å². The molecule has 0 N–H and O–H groups in total. The standard InChI is InChI=1S/C15H13ClN2O3/c16-11-3-1-10(2-4-11)13-7-12(17-21-13)14(19)18-6-5-15(18)8-20-9-15/h1-4,7H,5-6,8-9H2. The van der Waals surface area contributed by atoms with Gasteiger partial charge >= 0.3 is 0 Å². The molecule has 0 saturated carbocycles. The highest BCUT2D eigenvalue weighted by atomic mass is 35.5. The molecule has 0 unspecified atom stereocenters. The Morgan fingerprint density at radius 1 is 1.29 bits per heavy atom. The minimum atomic E-state index is -0.0893. The van der Waals surface area contributed by atoms with E-state index in [1.807, 2.05) is 17.0 Å². The highest BCUT2D eigenvalue weighted by Crippen LogP contribution is 2.38. The Hall–Kier alpha value is -1.85. The number of hydrogen-bond acceptors (Lipinski definition) is 4. The van der Waals surface area contributed by atoms with E-state index in [1.165, 1.54) is 0 Å². The van der Waals surface area contributed by atoms with Crippen LogP contribution in [0.4, 0.5) is 0 Å². The molecular weight excluding hydrogens is 292 g/mol.